The Morgan fingerprint density at radius 2 is 1.72 bits per heavy atom. The molecule has 1 N–H and O–H groups in total. The van der Waals surface area contributed by atoms with Gasteiger partial charge in [0.2, 0.25) is 0 Å². The number of ether oxygens (including phenoxy) is 2. The summed E-state index contributed by atoms with van der Waals surface area (Å²) >= 11 is 0. The van der Waals surface area contributed by atoms with Crippen molar-refractivity contribution in [1.82, 2.24) is 4.90 Å². The number of amides is 1. The Morgan fingerprint density at radius 3 is 2.42 bits per heavy atom. The summed E-state index contributed by atoms with van der Waals surface area (Å²) in [6, 6.07) is 16.9. The Labute approximate surface area is 210 Å². The minimum Gasteiger partial charge on any atom is -0.507 e. The summed E-state index contributed by atoms with van der Waals surface area (Å²) in [5, 5.41) is 11.3. The van der Waals surface area contributed by atoms with Crippen molar-refractivity contribution in [2.24, 2.45) is 0 Å². The lowest BCUT2D eigenvalue weighted by Gasteiger charge is -2.24. The molecule has 0 saturated carbocycles. The Bertz CT molecular complexity index is 1210. The minimum atomic E-state index is -0.792. The van der Waals surface area contributed by atoms with Crippen LogP contribution in [0.25, 0.3) is 5.76 Å². The predicted molar refractivity (Wildman–Crippen MR) is 136 cm³/mol. The molecule has 36 heavy (non-hydrogen) atoms. The van der Waals surface area contributed by atoms with Gasteiger partial charge in [0.25, 0.3) is 11.7 Å². The molecule has 7 nitrogen and oxygen atoms in total. The fourth-order valence-electron chi connectivity index (χ4n) is 4.15. The predicted octanol–water partition coefficient (Wildman–Crippen LogP) is 5.87. The number of unbranched alkanes of at least 4 members (excludes halogenated alkanes) is 1. The van der Waals surface area contributed by atoms with E-state index in [1.165, 1.54) is 11.2 Å². The topological polar surface area (TPSA) is 89.2 Å². The number of hydrogen-bond acceptors (Lipinski definition) is 6. The highest BCUT2D eigenvalue weighted by molar-refractivity contribution is 6.46. The number of aliphatic hydroxyl groups is 1. The summed E-state index contributed by atoms with van der Waals surface area (Å²) in [5.74, 6) is 0.141. The molecule has 1 fully saturated rings. The molecule has 4 rings (SSSR count). The van der Waals surface area contributed by atoms with Crippen LogP contribution in [0.15, 0.2) is 76.9 Å². The Morgan fingerprint density at radius 1 is 0.944 bits per heavy atom. The van der Waals surface area contributed by atoms with Crippen LogP contribution in [0, 0.1) is 0 Å². The van der Waals surface area contributed by atoms with E-state index < -0.39 is 17.7 Å². The van der Waals surface area contributed by atoms with E-state index >= 15 is 0 Å². The summed E-state index contributed by atoms with van der Waals surface area (Å²) in [4.78, 5) is 27.8. The molecular weight excluding hydrogens is 458 g/mol. The second kappa shape index (κ2) is 11.6. The number of furan rings is 1. The molecule has 2 heterocycles. The van der Waals surface area contributed by atoms with Crippen LogP contribution in [0.3, 0.4) is 0 Å². The number of rotatable bonds is 11. The number of aliphatic hydroxyl groups excluding tert-OH is 1. The Hall–Kier alpha value is -4.00. The fourth-order valence-corrected chi connectivity index (χ4v) is 4.15. The van der Waals surface area contributed by atoms with Crippen LogP contribution < -0.4 is 9.47 Å². The molecule has 0 aliphatic carbocycles. The Kier molecular flexibility index (Phi) is 8.10. The molecule has 1 saturated heterocycles. The van der Waals surface area contributed by atoms with Gasteiger partial charge in [-0.15, -0.1) is 0 Å². The summed E-state index contributed by atoms with van der Waals surface area (Å²) in [7, 11) is 0. The number of Topliss-reactive ketones (excluding diaryl/α,β-unsaturated/α-hetero) is 1. The number of likely N-dealkylation sites (tertiary alicyclic amines) is 1. The molecule has 188 valence electrons. The van der Waals surface area contributed by atoms with E-state index in [9.17, 15) is 14.7 Å². The van der Waals surface area contributed by atoms with Gasteiger partial charge in [0.15, 0.2) is 0 Å². The number of nitrogens with zero attached hydrogens (tertiary/aromatic N) is 1. The molecule has 7 heteroatoms. The van der Waals surface area contributed by atoms with Crippen LogP contribution in [0.5, 0.6) is 11.5 Å². The van der Waals surface area contributed by atoms with Crippen LogP contribution >= 0.6 is 0 Å². The van der Waals surface area contributed by atoms with Gasteiger partial charge in [-0.3, -0.25) is 9.59 Å². The molecule has 1 aliphatic rings. The van der Waals surface area contributed by atoms with Crippen molar-refractivity contribution < 1.29 is 28.6 Å². The first-order valence-corrected chi connectivity index (χ1v) is 12.3. The second-order valence-corrected chi connectivity index (χ2v) is 8.65. The van der Waals surface area contributed by atoms with E-state index in [1.807, 2.05) is 19.1 Å². The standard InChI is InChI=1S/C29H31NO6/c1-3-5-16-35-23-9-6-8-21(18-23)27(31)25-26(20-11-13-22(14-12-20)34-15-4-2)30(29(33)28(25)32)19-24-10-7-17-36-24/h6-14,17-18,26,31H,3-5,15-16,19H2,1-2H3. The van der Waals surface area contributed by atoms with E-state index in [4.69, 9.17) is 13.9 Å². The van der Waals surface area contributed by atoms with Gasteiger partial charge >= 0.3 is 0 Å². The van der Waals surface area contributed by atoms with E-state index in [1.54, 1.807) is 48.5 Å². The molecule has 3 aromatic rings. The van der Waals surface area contributed by atoms with Gasteiger partial charge in [-0.25, -0.2) is 0 Å². The largest absolute Gasteiger partial charge is 0.507 e. The molecule has 0 bridgehead atoms. The molecule has 1 aromatic heterocycles. The zero-order valence-electron chi connectivity index (χ0n) is 20.6. The van der Waals surface area contributed by atoms with E-state index in [0.717, 1.165) is 19.3 Å². The summed E-state index contributed by atoms with van der Waals surface area (Å²) in [6.45, 7) is 5.34. The average Bonchev–Trinajstić information content (AvgIpc) is 3.50. The van der Waals surface area contributed by atoms with Crippen LogP contribution in [-0.4, -0.2) is 34.9 Å². The molecular formula is C29H31NO6. The van der Waals surface area contributed by atoms with Gasteiger partial charge in [0.05, 0.1) is 37.6 Å². The molecule has 1 unspecified atom stereocenters. The fraction of sp³-hybridized carbons (Fsp3) is 0.310. The smallest absolute Gasteiger partial charge is 0.296 e. The van der Waals surface area contributed by atoms with E-state index in [2.05, 4.69) is 6.92 Å². The van der Waals surface area contributed by atoms with Crippen molar-refractivity contribution in [3.8, 4) is 11.5 Å². The molecule has 1 aliphatic heterocycles. The highest BCUT2D eigenvalue weighted by Crippen LogP contribution is 2.41. The summed E-state index contributed by atoms with van der Waals surface area (Å²) in [6.07, 6.45) is 4.31. The highest BCUT2D eigenvalue weighted by Gasteiger charge is 2.46. The van der Waals surface area contributed by atoms with Crippen molar-refractivity contribution in [2.75, 3.05) is 13.2 Å². The number of carbonyl (C=O) groups is 2. The lowest BCUT2D eigenvalue weighted by molar-refractivity contribution is -0.140. The van der Waals surface area contributed by atoms with E-state index in [-0.39, 0.29) is 17.9 Å². The Balaban J connectivity index is 1.75. The maximum absolute atomic E-state index is 13.3. The lowest BCUT2D eigenvalue weighted by atomic mass is 9.95. The maximum Gasteiger partial charge on any atom is 0.296 e. The van der Waals surface area contributed by atoms with Gasteiger partial charge in [-0.1, -0.05) is 44.5 Å². The zero-order chi connectivity index (χ0) is 25.5. The van der Waals surface area contributed by atoms with Gasteiger partial charge < -0.3 is 23.9 Å². The van der Waals surface area contributed by atoms with Crippen LogP contribution in [0.2, 0.25) is 0 Å². The first-order chi connectivity index (χ1) is 17.5. The van der Waals surface area contributed by atoms with Crippen molar-refractivity contribution in [3.63, 3.8) is 0 Å². The van der Waals surface area contributed by atoms with Gasteiger partial charge in [-0.2, -0.15) is 0 Å². The van der Waals surface area contributed by atoms with Gasteiger partial charge in [-0.05, 0) is 54.8 Å². The zero-order valence-corrected chi connectivity index (χ0v) is 20.6. The van der Waals surface area contributed by atoms with Crippen LogP contribution in [0.1, 0.15) is 56.0 Å². The van der Waals surface area contributed by atoms with Gasteiger partial charge in [0, 0.05) is 5.56 Å². The molecule has 1 amide bonds. The second-order valence-electron chi connectivity index (χ2n) is 8.65. The number of hydrogen-bond donors (Lipinski definition) is 1. The summed E-state index contributed by atoms with van der Waals surface area (Å²) < 4.78 is 16.9. The third kappa shape index (κ3) is 5.46. The van der Waals surface area contributed by atoms with E-state index in [0.29, 0.717) is 41.6 Å². The first-order valence-electron chi connectivity index (χ1n) is 12.3. The molecule has 1 atom stereocenters. The monoisotopic (exact) mass is 489 g/mol. The molecule has 0 radical (unpaired) electrons. The highest BCUT2D eigenvalue weighted by atomic mass is 16.5. The van der Waals surface area contributed by atoms with Crippen LogP contribution in [0.4, 0.5) is 0 Å². The SMILES string of the molecule is CCCCOc1cccc(C(O)=C2C(=O)C(=O)N(Cc3ccco3)C2c2ccc(OCCC)cc2)c1. The maximum atomic E-state index is 13.3. The third-order valence-electron chi connectivity index (χ3n) is 5.99. The van der Waals surface area contributed by atoms with Crippen molar-refractivity contribution in [1.29, 1.82) is 0 Å². The lowest BCUT2D eigenvalue weighted by Crippen LogP contribution is -2.29. The normalized spacial score (nSPS) is 16.9. The number of benzene rings is 2. The van der Waals surface area contributed by atoms with Gasteiger partial charge in [0.1, 0.15) is 23.0 Å². The molecule has 0 spiro atoms. The van der Waals surface area contributed by atoms with Crippen molar-refractivity contribution >= 4 is 17.4 Å². The number of ketones is 1. The van der Waals surface area contributed by atoms with Crippen LogP contribution in [-0.2, 0) is 16.1 Å². The third-order valence-corrected chi connectivity index (χ3v) is 5.99. The summed E-state index contributed by atoms with van der Waals surface area (Å²) in [5.41, 5.74) is 1.12. The molecule has 2 aromatic carbocycles. The quantitative estimate of drug-likeness (QED) is 0.157. The average molecular weight is 490 g/mol. The number of carbonyl (C=O) groups excluding carboxylic acids is 2. The van der Waals surface area contributed by atoms with Crippen molar-refractivity contribution in [2.45, 2.75) is 45.7 Å². The minimum absolute atomic E-state index is 0.0273. The van der Waals surface area contributed by atoms with Crippen molar-refractivity contribution in [3.05, 3.63) is 89.4 Å². The first kappa shape index (κ1) is 25.1.